The molecular formula is C40H59N9O4S. The first-order valence-corrected chi connectivity index (χ1v) is 19.4. The van der Waals surface area contributed by atoms with Gasteiger partial charge >= 0.3 is 0 Å². The molecular weight excluding hydrogens is 703 g/mol. The average molecular weight is 762 g/mol. The molecule has 3 rings (SSSR count). The topological polar surface area (TPSA) is 209 Å². The molecule has 0 saturated heterocycles. The second kappa shape index (κ2) is 21.8. The molecule has 1 unspecified atom stereocenters. The highest BCUT2D eigenvalue weighted by molar-refractivity contribution is 7.98. The molecule has 0 spiro atoms. The van der Waals surface area contributed by atoms with Crippen LogP contribution in [0.25, 0.3) is 10.9 Å². The maximum absolute atomic E-state index is 14.1. The Morgan fingerprint density at radius 2 is 1.61 bits per heavy atom. The highest BCUT2D eigenvalue weighted by atomic mass is 32.2. The van der Waals surface area contributed by atoms with E-state index in [1.807, 2.05) is 89.2 Å². The van der Waals surface area contributed by atoms with Gasteiger partial charge in [-0.2, -0.15) is 0 Å². The predicted octanol–water partition coefficient (Wildman–Crippen LogP) is 3.46. The van der Waals surface area contributed by atoms with Crippen LogP contribution in [0.1, 0.15) is 65.0 Å². The van der Waals surface area contributed by atoms with Gasteiger partial charge in [0.1, 0.15) is 17.3 Å². The number of aromatic nitrogens is 1. The molecule has 0 aliphatic heterocycles. The Balaban J connectivity index is 1.75. The lowest BCUT2D eigenvalue weighted by atomic mass is 9.80. The molecule has 294 valence electrons. The lowest BCUT2D eigenvalue weighted by molar-refractivity contribution is -0.134. The molecule has 54 heavy (non-hydrogen) atoms. The molecule has 3 aromatic rings. The summed E-state index contributed by atoms with van der Waals surface area (Å²) in [5.41, 5.74) is 13.4. The summed E-state index contributed by atoms with van der Waals surface area (Å²) >= 11 is 1.40. The van der Waals surface area contributed by atoms with Gasteiger partial charge in [-0.1, -0.05) is 86.5 Å². The van der Waals surface area contributed by atoms with E-state index in [4.69, 9.17) is 11.5 Å². The number of hydrogen-bond donors (Lipinski definition) is 8. The Hall–Kier alpha value is -4.82. The molecule has 0 radical (unpaired) electrons. The summed E-state index contributed by atoms with van der Waals surface area (Å²) in [7, 11) is 1.57. The van der Waals surface area contributed by atoms with Gasteiger partial charge in [-0.05, 0) is 69.6 Å². The number of carbonyl (C=O) groups excluding carboxylic acids is 4. The molecule has 0 bridgehead atoms. The number of hydrogen-bond acceptors (Lipinski definition) is 7. The van der Waals surface area contributed by atoms with Crippen molar-refractivity contribution < 1.29 is 19.2 Å². The van der Waals surface area contributed by atoms with Crippen LogP contribution in [-0.2, 0) is 32.0 Å². The zero-order chi connectivity index (χ0) is 39.7. The molecule has 0 saturated carbocycles. The number of rotatable bonds is 22. The second-order valence-electron chi connectivity index (χ2n) is 14.5. The highest BCUT2D eigenvalue weighted by Gasteiger charge is 2.35. The second-order valence-corrected chi connectivity index (χ2v) is 15.5. The Kier molecular flexibility index (Phi) is 17.6. The predicted molar refractivity (Wildman–Crippen MR) is 219 cm³/mol. The number of nitrogens with one attached hydrogen (secondary N) is 6. The number of aromatic amines is 1. The van der Waals surface area contributed by atoms with Crippen LogP contribution in [0.3, 0.4) is 0 Å². The monoisotopic (exact) mass is 761 g/mol. The minimum absolute atomic E-state index is 0.118. The standard InChI is InChI=1S/C40H59N9O4S/c1-26(2)24-40(5,19-13-21-44-37(52)34(54-49-27(3)4)22-28-14-8-7-9-15-28)38(53)48-32(18-12-20-45-39(42)43-6)36(51)47-33(35(41)50)23-29-25-46-31-17-11-10-16-30(29)31/h7-11,13-17,19,25-27,32-34,46,49H,12,18,20-24H2,1-6H3,(H2,41,50)(H,44,52)(H,47,51)(H,48,53)(H3,42,43,45)/b19-13+/t32-,33-,34?,40+/m0/s1. The summed E-state index contributed by atoms with van der Waals surface area (Å²) in [6, 6.07) is 15.7. The molecule has 0 aliphatic rings. The first-order valence-electron chi connectivity index (χ1n) is 18.5. The molecule has 4 atom stereocenters. The van der Waals surface area contributed by atoms with E-state index in [1.165, 1.54) is 11.9 Å². The van der Waals surface area contributed by atoms with Crippen LogP contribution in [-0.4, -0.2) is 78.1 Å². The van der Waals surface area contributed by atoms with Crippen LogP contribution in [0.2, 0.25) is 0 Å². The number of aliphatic imine (C=N–C) groups is 1. The molecule has 14 heteroatoms. The maximum atomic E-state index is 14.1. The summed E-state index contributed by atoms with van der Waals surface area (Å²) in [5.74, 6) is -1.29. The van der Waals surface area contributed by atoms with Crippen LogP contribution in [0.4, 0.5) is 0 Å². The van der Waals surface area contributed by atoms with E-state index in [1.54, 1.807) is 25.4 Å². The molecule has 2 aromatic carbocycles. The lowest BCUT2D eigenvalue weighted by Gasteiger charge is -2.30. The minimum atomic E-state index is -1.01. The number of benzene rings is 2. The zero-order valence-electron chi connectivity index (χ0n) is 32.4. The largest absolute Gasteiger partial charge is 0.370 e. The zero-order valence-corrected chi connectivity index (χ0v) is 33.2. The van der Waals surface area contributed by atoms with Crippen molar-refractivity contribution in [3.63, 3.8) is 0 Å². The molecule has 1 heterocycles. The Morgan fingerprint density at radius 3 is 2.28 bits per heavy atom. The number of carbonyl (C=O) groups is 4. The first-order chi connectivity index (χ1) is 25.7. The lowest BCUT2D eigenvalue weighted by Crippen LogP contribution is -2.55. The van der Waals surface area contributed by atoms with Crippen molar-refractivity contribution in [2.24, 2.45) is 27.8 Å². The molecule has 1 aromatic heterocycles. The summed E-state index contributed by atoms with van der Waals surface area (Å²) in [6.45, 7) is 10.5. The minimum Gasteiger partial charge on any atom is -0.370 e. The van der Waals surface area contributed by atoms with Crippen molar-refractivity contribution in [1.29, 1.82) is 0 Å². The van der Waals surface area contributed by atoms with Crippen molar-refractivity contribution >= 4 is 52.4 Å². The van der Waals surface area contributed by atoms with E-state index in [2.05, 4.69) is 36.0 Å². The van der Waals surface area contributed by atoms with Gasteiger partial charge in [0.15, 0.2) is 5.96 Å². The van der Waals surface area contributed by atoms with E-state index in [9.17, 15) is 19.2 Å². The van der Waals surface area contributed by atoms with Crippen molar-refractivity contribution in [3.8, 4) is 0 Å². The van der Waals surface area contributed by atoms with Crippen LogP contribution in [0.5, 0.6) is 0 Å². The van der Waals surface area contributed by atoms with Crippen molar-refractivity contribution in [2.45, 2.75) is 90.1 Å². The normalized spacial score (nSPS) is 14.8. The summed E-state index contributed by atoms with van der Waals surface area (Å²) < 4.78 is 3.30. The number of nitrogens with zero attached hydrogens (tertiary/aromatic N) is 1. The van der Waals surface area contributed by atoms with Gasteiger partial charge in [0.25, 0.3) is 0 Å². The fourth-order valence-corrected chi connectivity index (χ4v) is 7.02. The number of guanidine groups is 1. The number of primary amides is 1. The van der Waals surface area contributed by atoms with E-state index in [0.717, 1.165) is 22.0 Å². The van der Waals surface area contributed by atoms with Crippen LogP contribution < -0.4 is 37.5 Å². The third kappa shape index (κ3) is 14.2. The Bertz CT molecular complexity index is 1730. The number of amides is 4. The van der Waals surface area contributed by atoms with Crippen LogP contribution in [0, 0.1) is 11.3 Å². The molecule has 13 nitrogen and oxygen atoms in total. The Labute approximate surface area is 323 Å². The molecule has 10 N–H and O–H groups in total. The van der Waals surface area contributed by atoms with Gasteiger partial charge in [0.2, 0.25) is 23.6 Å². The van der Waals surface area contributed by atoms with Gasteiger partial charge in [0, 0.05) is 49.7 Å². The number of fused-ring (bicyclic) bond motifs is 1. The Morgan fingerprint density at radius 1 is 0.907 bits per heavy atom. The van der Waals surface area contributed by atoms with Gasteiger partial charge in [0.05, 0.1) is 5.41 Å². The smallest absolute Gasteiger partial charge is 0.243 e. The molecule has 0 fully saturated rings. The third-order valence-corrected chi connectivity index (χ3v) is 10.1. The first kappa shape index (κ1) is 43.6. The SMILES string of the molecule is CN=C(N)NCCC[C@H](NC(=O)[C@](C)(/C=C/CNC(=O)C(Cc1ccccc1)SNC(C)C)CC(C)C)C(=O)N[C@@H](Cc1c[nH]c2ccccc12)C(N)=O. The fourth-order valence-electron chi connectivity index (χ4n) is 6.12. The number of nitrogens with two attached hydrogens (primary N) is 2. The highest BCUT2D eigenvalue weighted by Crippen LogP contribution is 2.29. The number of H-pyrrole nitrogens is 1. The quantitative estimate of drug-likeness (QED) is 0.0250. The molecule has 4 amide bonds. The van der Waals surface area contributed by atoms with Gasteiger partial charge in [-0.15, -0.1) is 0 Å². The maximum Gasteiger partial charge on any atom is 0.243 e. The molecule has 0 aliphatic carbocycles. The van der Waals surface area contributed by atoms with Gasteiger partial charge in [-0.25, -0.2) is 0 Å². The van der Waals surface area contributed by atoms with Crippen molar-refractivity contribution in [1.82, 2.24) is 31.0 Å². The number of para-hydroxylation sites is 1. The van der Waals surface area contributed by atoms with Crippen LogP contribution >= 0.6 is 11.9 Å². The van der Waals surface area contributed by atoms with Crippen molar-refractivity contribution in [2.75, 3.05) is 20.1 Å². The van der Waals surface area contributed by atoms with E-state index >= 15 is 0 Å². The van der Waals surface area contributed by atoms with Crippen LogP contribution in [0.15, 0.2) is 77.9 Å². The fraction of sp³-hybridized carbons (Fsp3) is 0.475. The van der Waals surface area contributed by atoms with Crippen molar-refractivity contribution in [3.05, 3.63) is 84.1 Å². The van der Waals surface area contributed by atoms with Gasteiger partial charge in [-0.3, -0.25) is 28.9 Å². The average Bonchev–Trinajstić information content (AvgIpc) is 3.54. The summed E-state index contributed by atoms with van der Waals surface area (Å²) in [6.07, 6.45) is 7.32. The van der Waals surface area contributed by atoms with E-state index in [-0.39, 0.29) is 54.4 Å². The van der Waals surface area contributed by atoms with Gasteiger partial charge < -0.3 is 37.7 Å². The summed E-state index contributed by atoms with van der Waals surface area (Å²) in [5, 5.41) is 12.3. The third-order valence-electron chi connectivity index (χ3n) is 8.83. The van der Waals surface area contributed by atoms with E-state index in [0.29, 0.717) is 25.8 Å². The van der Waals surface area contributed by atoms with E-state index < -0.39 is 29.3 Å². The summed E-state index contributed by atoms with van der Waals surface area (Å²) in [4.78, 5) is 61.0.